The Morgan fingerprint density at radius 1 is 1.42 bits per heavy atom. The van der Waals surface area contributed by atoms with Crippen molar-refractivity contribution in [3.8, 4) is 6.07 Å². The van der Waals surface area contributed by atoms with Gasteiger partial charge in [0.05, 0.1) is 17.7 Å². The number of aromatic nitrogens is 4. The summed E-state index contributed by atoms with van der Waals surface area (Å²) in [5.74, 6) is 1.88. The molecule has 102 valence electrons. The van der Waals surface area contributed by atoms with E-state index in [1.54, 1.807) is 12.4 Å². The maximum Gasteiger partial charge on any atom is 0.105 e. The monoisotopic (exact) mass is 259 g/mol. The van der Waals surface area contributed by atoms with E-state index >= 15 is 0 Å². The Balaban J connectivity index is 0.000000191. The van der Waals surface area contributed by atoms with Gasteiger partial charge in [0.1, 0.15) is 11.6 Å². The largest absolute Gasteiger partial charge is 0.349 e. The summed E-state index contributed by atoms with van der Waals surface area (Å²) in [4.78, 5) is 14.1. The first-order valence-electron chi connectivity index (χ1n) is 6.56. The molecule has 19 heavy (non-hydrogen) atoms. The van der Waals surface area contributed by atoms with Gasteiger partial charge in [-0.2, -0.15) is 5.26 Å². The molecule has 0 radical (unpaired) electrons. The smallest absolute Gasteiger partial charge is 0.105 e. The summed E-state index contributed by atoms with van der Waals surface area (Å²) in [5.41, 5.74) is 0.889. The number of rotatable bonds is 4. The minimum Gasteiger partial charge on any atom is -0.349 e. The van der Waals surface area contributed by atoms with E-state index in [1.165, 1.54) is 12.8 Å². The normalized spacial score (nSPS) is 11.3. The number of unbranched alkanes of at least 4 members (excludes halogenated alkanes) is 1. The molecule has 2 heterocycles. The average molecular weight is 259 g/mol. The van der Waals surface area contributed by atoms with Gasteiger partial charge in [-0.3, -0.25) is 0 Å². The number of hydrogen-bond acceptors (Lipinski definition) is 3. The molecule has 0 amide bonds. The summed E-state index contributed by atoms with van der Waals surface area (Å²) in [5, 5.41) is 8.50. The molecule has 2 aromatic rings. The third-order valence-electron chi connectivity index (χ3n) is 2.70. The number of H-pyrrole nitrogens is 2. The molecule has 2 N–H and O–H groups in total. The third-order valence-corrected chi connectivity index (χ3v) is 2.70. The van der Waals surface area contributed by atoms with Crippen LogP contribution in [0.15, 0.2) is 18.6 Å². The topological polar surface area (TPSA) is 81.2 Å². The number of aromatic amines is 2. The first-order valence-corrected chi connectivity index (χ1v) is 6.56. The summed E-state index contributed by atoms with van der Waals surface area (Å²) in [6.45, 7) is 5.89. The first kappa shape index (κ1) is 15.0. The van der Waals surface area contributed by atoms with Crippen LogP contribution < -0.4 is 0 Å². The number of nitriles is 1. The van der Waals surface area contributed by atoms with Crippen LogP contribution in [-0.4, -0.2) is 19.9 Å². The Bertz CT molecular complexity index is 492. The summed E-state index contributed by atoms with van der Waals surface area (Å²) < 4.78 is 0. The second-order valence-corrected chi connectivity index (χ2v) is 4.41. The van der Waals surface area contributed by atoms with Gasteiger partial charge >= 0.3 is 0 Å². The van der Waals surface area contributed by atoms with E-state index in [2.05, 4.69) is 32.9 Å². The molecule has 0 fully saturated rings. The van der Waals surface area contributed by atoms with Gasteiger partial charge in [0.25, 0.3) is 0 Å². The lowest BCUT2D eigenvalue weighted by atomic mass is 10.1. The maximum absolute atomic E-state index is 8.50. The van der Waals surface area contributed by atoms with Crippen LogP contribution in [0, 0.1) is 18.3 Å². The number of nitrogens with zero attached hydrogens (tertiary/aromatic N) is 3. The van der Waals surface area contributed by atoms with Crippen molar-refractivity contribution in [1.29, 1.82) is 5.26 Å². The lowest BCUT2D eigenvalue weighted by Gasteiger charge is -1.93. The fourth-order valence-corrected chi connectivity index (χ4v) is 1.51. The molecule has 0 aromatic carbocycles. The number of hydrogen-bond donors (Lipinski definition) is 2. The van der Waals surface area contributed by atoms with Crippen LogP contribution in [0.4, 0.5) is 0 Å². The lowest BCUT2D eigenvalue weighted by Crippen LogP contribution is -1.88. The van der Waals surface area contributed by atoms with Crippen LogP contribution >= 0.6 is 0 Å². The number of nitrogens with one attached hydrogen (secondary N) is 2. The molecule has 1 atom stereocenters. The maximum atomic E-state index is 8.50. The van der Waals surface area contributed by atoms with Crippen molar-refractivity contribution in [2.24, 2.45) is 0 Å². The van der Waals surface area contributed by atoms with Gasteiger partial charge in [-0.25, -0.2) is 9.97 Å². The van der Waals surface area contributed by atoms with E-state index in [0.29, 0.717) is 0 Å². The van der Waals surface area contributed by atoms with E-state index in [1.807, 2.05) is 20.0 Å². The van der Waals surface area contributed by atoms with Crippen molar-refractivity contribution in [2.75, 3.05) is 0 Å². The Morgan fingerprint density at radius 2 is 2.21 bits per heavy atom. The lowest BCUT2D eigenvalue weighted by molar-refractivity contribution is 0.762. The fourth-order valence-electron chi connectivity index (χ4n) is 1.51. The van der Waals surface area contributed by atoms with Crippen molar-refractivity contribution in [2.45, 2.75) is 46.0 Å². The highest BCUT2D eigenvalue weighted by atomic mass is 14.9. The highest BCUT2D eigenvalue weighted by Gasteiger charge is 2.04. The molecule has 0 aliphatic heterocycles. The van der Waals surface area contributed by atoms with Crippen LogP contribution in [0.5, 0.6) is 0 Å². The van der Waals surface area contributed by atoms with Crippen molar-refractivity contribution >= 4 is 0 Å². The highest BCUT2D eigenvalue weighted by Crippen LogP contribution is 2.09. The Kier molecular flexibility index (Phi) is 6.37. The van der Waals surface area contributed by atoms with E-state index in [9.17, 15) is 0 Å². The van der Waals surface area contributed by atoms with Gasteiger partial charge in [0.15, 0.2) is 0 Å². The molecular weight excluding hydrogens is 238 g/mol. The quantitative estimate of drug-likeness (QED) is 0.885. The summed E-state index contributed by atoms with van der Waals surface area (Å²) in [7, 11) is 0. The van der Waals surface area contributed by atoms with Gasteiger partial charge in [-0.15, -0.1) is 0 Å². The minimum atomic E-state index is -0.0822. The molecule has 0 bridgehead atoms. The summed E-state index contributed by atoms with van der Waals surface area (Å²) in [6.07, 6.45) is 8.91. The Morgan fingerprint density at radius 3 is 2.68 bits per heavy atom. The van der Waals surface area contributed by atoms with Crippen LogP contribution in [-0.2, 0) is 6.42 Å². The predicted octanol–water partition coefficient (Wildman–Crippen LogP) is 3.10. The molecule has 0 saturated carbocycles. The third kappa shape index (κ3) is 5.38. The molecule has 0 saturated heterocycles. The molecule has 5 heteroatoms. The van der Waals surface area contributed by atoms with E-state index in [0.717, 1.165) is 23.8 Å². The van der Waals surface area contributed by atoms with Gasteiger partial charge in [0, 0.05) is 25.0 Å². The predicted molar refractivity (Wildman–Crippen MR) is 74.6 cm³/mol. The van der Waals surface area contributed by atoms with E-state index < -0.39 is 0 Å². The number of imidazole rings is 2. The van der Waals surface area contributed by atoms with E-state index in [-0.39, 0.29) is 5.92 Å². The molecule has 5 nitrogen and oxygen atoms in total. The standard InChI is InChI=1S/C7H9N3.C7H12N2/c1-5(3-8)7-4-9-6(2)10-7;1-2-3-4-7-8-5-6-9-7/h4-5H,1-2H3,(H,9,10);5-6H,2-4H2,1H3,(H,8,9). The second kappa shape index (κ2) is 8.09. The zero-order valence-electron chi connectivity index (χ0n) is 11.8. The summed E-state index contributed by atoms with van der Waals surface area (Å²) in [6, 6.07) is 2.12. The second-order valence-electron chi connectivity index (χ2n) is 4.41. The molecular formula is C14H21N5. The van der Waals surface area contributed by atoms with Gasteiger partial charge in [0.2, 0.25) is 0 Å². The van der Waals surface area contributed by atoms with Crippen LogP contribution in [0.3, 0.4) is 0 Å². The van der Waals surface area contributed by atoms with Gasteiger partial charge in [-0.1, -0.05) is 13.3 Å². The molecule has 2 rings (SSSR count). The van der Waals surface area contributed by atoms with Crippen LogP contribution in [0.25, 0.3) is 0 Å². The van der Waals surface area contributed by atoms with Crippen molar-refractivity contribution in [3.63, 3.8) is 0 Å². The van der Waals surface area contributed by atoms with Crippen molar-refractivity contribution in [1.82, 2.24) is 19.9 Å². The molecule has 0 spiro atoms. The fraction of sp³-hybridized carbons (Fsp3) is 0.500. The van der Waals surface area contributed by atoms with Crippen LogP contribution in [0.1, 0.15) is 49.9 Å². The average Bonchev–Trinajstić information content (AvgIpc) is 3.07. The molecule has 2 aromatic heterocycles. The Hall–Kier alpha value is -2.09. The molecule has 0 aliphatic carbocycles. The molecule has 0 aliphatic rings. The van der Waals surface area contributed by atoms with Gasteiger partial charge < -0.3 is 9.97 Å². The Labute approximate surface area is 114 Å². The highest BCUT2D eigenvalue weighted by molar-refractivity contribution is 5.12. The van der Waals surface area contributed by atoms with Gasteiger partial charge in [-0.05, 0) is 20.3 Å². The summed E-state index contributed by atoms with van der Waals surface area (Å²) >= 11 is 0. The zero-order chi connectivity index (χ0) is 14.1. The molecule has 1 unspecified atom stereocenters. The van der Waals surface area contributed by atoms with Crippen molar-refractivity contribution < 1.29 is 0 Å². The van der Waals surface area contributed by atoms with Crippen molar-refractivity contribution in [3.05, 3.63) is 35.9 Å². The minimum absolute atomic E-state index is 0.0822. The van der Waals surface area contributed by atoms with Crippen LogP contribution in [0.2, 0.25) is 0 Å². The first-order chi connectivity index (χ1) is 9.17. The zero-order valence-corrected chi connectivity index (χ0v) is 11.8. The number of aryl methyl sites for hydroxylation is 2. The van der Waals surface area contributed by atoms with E-state index in [4.69, 9.17) is 5.26 Å². The SMILES string of the molecule is CCCCc1ncc[nH]1.Cc1ncc(C(C)C#N)[nH]1.